The fraction of sp³-hybridized carbons (Fsp3) is 0.529. The van der Waals surface area contributed by atoms with Crippen LogP contribution in [0.5, 0.6) is 5.75 Å². The van der Waals surface area contributed by atoms with Crippen molar-refractivity contribution in [3.63, 3.8) is 0 Å². The molecular formula is C17H26N2O5. The van der Waals surface area contributed by atoms with E-state index in [0.717, 1.165) is 25.4 Å². The van der Waals surface area contributed by atoms with Gasteiger partial charge in [-0.3, -0.25) is 9.80 Å². The van der Waals surface area contributed by atoms with Crippen molar-refractivity contribution < 1.29 is 24.5 Å². The Balaban J connectivity index is 0.000000413. The van der Waals surface area contributed by atoms with Gasteiger partial charge in [0, 0.05) is 38.8 Å². The van der Waals surface area contributed by atoms with Crippen LogP contribution < -0.4 is 4.74 Å². The van der Waals surface area contributed by atoms with E-state index in [4.69, 9.17) is 24.5 Å². The van der Waals surface area contributed by atoms with Gasteiger partial charge in [-0.05, 0) is 31.5 Å². The van der Waals surface area contributed by atoms with Crippen molar-refractivity contribution in [1.82, 2.24) is 9.80 Å². The van der Waals surface area contributed by atoms with Gasteiger partial charge in [-0.2, -0.15) is 0 Å². The molecule has 134 valence electrons. The predicted molar refractivity (Wildman–Crippen MR) is 90.3 cm³/mol. The van der Waals surface area contributed by atoms with Crippen molar-refractivity contribution in [2.75, 3.05) is 33.3 Å². The Bertz CT molecular complexity index is 528. The Kier molecular flexibility index (Phi) is 8.21. The van der Waals surface area contributed by atoms with Gasteiger partial charge in [0.1, 0.15) is 5.75 Å². The second-order valence-electron chi connectivity index (χ2n) is 5.87. The van der Waals surface area contributed by atoms with Crippen LogP contribution in [0.15, 0.2) is 24.3 Å². The first-order valence-corrected chi connectivity index (χ1v) is 7.89. The van der Waals surface area contributed by atoms with E-state index in [1.54, 1.807) is 7.11 Å². The van der Waals surface area contributed by atoms with Crippen LogP contribution in [0.25, 0.3) is 0 Å². The van der Waals surface area contributed by atoms with Gasteiger partial charge in [0.15, 0.2) is 0 Å². The molecule has 0 saturated carbocycles. The molecule has 24 heavy (non-hydrogen) atoms. The van der Waals surface area contributed by atoms with E-state index in [-0.39, 0.29) is 0 Å². The number of nitrogens with zero attached hydrogens (tertiary/aromatic N) is 2. The highest BCUT2D eigenvalue weighted by molar-refractivity contribution is 6.27. The minimum atomic E-state index is -1.82. The molecule has 1 heterocycles. The van der Waals surface area contributed by atoms with Gasteiger partial charge >= 0.3 is 11.9 Å². The third kappa shape index (κ3) is 6.97. The SMILES string of the molecule is COc1cccc(CN2CCN(C(C)C)CC2)c1.O=C(O)C(=O)O. The first-order chi connectivity index (χ1) is 11.3. The van der Waals surface area contributed by atoms with E-state index in [2.05, 4.69) is 41.8 Å². The number of ether oxygens (including phenoxy) is 1. The lowest BCUT2D eigenvalue weighted by Crippen LogP contribution is -2.48. The molecule has 7 heteroatoms. The molecule has 0 bridgehead atoms. The second kappa shape index (κ2) is 9.89. The number of hydrogen-bond donors (Lipinski definition) is 2. The largest absolute Gasteiger partial charge is 0.497 e. The number of benzene rings is 1. The molecule has 0 radical (unpaired) electrons. The summed E-state index contributed by atoms with van der Waals surface area (Å²) in [4.78, 5) is 23.3. The van der Waals surface area contributed by atoms with Crippen molar-refractivity contribution in [2.24, 2.45) is 0 Å². The monoisotopic (exact) mass is 338 g/mol. The van der Waals surface area contributed by atoms with E-state index in [9.17, 15) is 0 Å². The zero-order valence-corrected chi connectivity index (χ0v) is 14.4. The average molecular weight is 338 g/mol. The molecule has 1 aliphatic heterocycles. The summed E-state index contributed by atoms with van der Waals surface area (Å²) in [5.74, 6) is -2.70. The summed E-state index contributed by atoms with van der Waals surface area (Å²) < 4.78 is 5.27. The van der Waals surface area contributed by atoms with Gasteiger partial charge in [-0.1, -0.05) is 12.1 Å². The highest BCUT2D eigenvalue weighted by atomic mass is 16.5. The van der Waals surface area contributed by atoms with Gasteiger partial charge in [-0.25, -0.2) is 9.59 Å². The Morgan fingerprint density at radius 2 is 1.71 bits per heavy atom. The third-order valence-corrected chi connectivity index (χ3v) is 3.86. The highest BCUT2D eigenvalue weighted by Crippen LogP contribution is 2.15. The van der Waals surface area contributed by atoms with Crippen molar-refractivity contribution >= 4 is 11.9 Å². The maximum absolute atomic E-state index is 9.10. The molecule has 2 N–H and O–H groups in total. The van der Waals surface area contributed by atoms with Crippen molar-refractivity contribution in [2.45, 2.75) is 26.4 Å². The number of rotatable bonds is 4. The molecule has 0 atom stereocenters. The minimum absolute atomic E-state index is 0.670. The average Bonchev–Trinajstić information content (AvgIpc) is 2.56. The Hall–Kier alpha value is -2.12. The molecule has 1 aromatic carbocycles. The Labute approximate surface area is 142 Å². The van der Waals surface area contributed by atoms with Crippen LogP contribution in [0.2, 0.25) is 0 Å². The topological polar surface area (TPSA) is 90.3 Å². The van der Waals surface area contributed by atoms with Gasteiger partial charge in [-0.15, -0.1) is 0 Å². The molecule has 0 unspecified atom stereocenters. The van der Waals surface area contributed by atoms with E-state index in [1.165, 1.54) is 18.7 Å². The summed E-state index contributed by atoms with van der Waals surface area (Å²) >= 11 is 0. The van der Waals surface area contributed by atoms with E-state index < -0.39 is 11.9 Å². The van der Waals surface area contributed by atoms with Crippen LogP contribution in [0, 0.1) is 0 Å². The van der Waals surface area contributed by atoms with Crippen LogP contribution in [0.4, 0.5) is 0 Å². The molecule has 1 fully saturated rings. The summed E-state index contributed by atoms with van der Waals surface area (Å²) in [6, 6.07) is 9.05. The molecule has 2 rings (SSSR count). The fourth-order valence-corrected chi connectivity index (χ4v) is 2.47. The summed E-state index contributed by atoms with van der Waals surface area (Å²) in [6.07, 6.45) is 0. The third-order valence-electron chi connectivity index (χ3n) is 3.86. The minimum Gasteiger partial charge on any atom is -0.497 e. The number of carbonyl (C=O) groups is 2. The first kappa shape index (κ1) is 19.9. The lowest BCUT2D eigenvalue weighted by Gasteiger charge is -2.36. The zero-order valence-electron chi connectivity index (χ0n) is 14.4. The fourth-order valence-electron chi connectivity index (χ4n) is 2.47. The number of carboxylic acid groups (broad SMARTS) is 2. The van der Waals surface area contributed by atoms with Crippen LogP contribution in [0.1, 0.15) is 19.4 Å². The van der Waals surface area contributed by atoms with Crippen molar-refractivity contribution in [1.29, 1.82) is 0 Å². The maximum atomic E-state index is 9.10. The lowest BCUT2D eigenvalue weighted by atomic mass is 10.1. The van der Waals surface area contributed by atoms with Crippen LogP contribution >= 0.6 is 0 Å². The lowest BCUT2D eigenvalue weighted by molar-refractivity contribution is -0.159. The van der Waals surface area contributed by atoms with Gasteiger partial charge < -0.3 is 14.9 Å². The molecule has 1 aliphatic rings. The molecule has 1 aromatic rings. The van der Waals surface area contributed by atoms with Gasteiger partial charge in [0.25, 0.3) is 0 Å². The molecule has 0 spiro atoms. The molecular weight excluding hydrogens is 312 g/mol. The number of carboxylic acids is 2. The predicted octanol–water partition coefficient (Wildman–Crippen LogP) is 1.38. The zero-order chi connectivity index (χ0) is 18.1. The van der Waals surface area contributed by atoms with Gasteiger partial charge in [0.2, 0.25) is 0 Å². The van der Waals surface area contributed by atoms with Crippen molar-refractivity contribution in [3.05, 3.63) is 29.8 Å². The molecule has 7 nitrogen and oxygen atoms in total. The Morgan fingerprint density at radius 1 is 1.12 bits per heavy atom. The summed E-state index contributed by atoms with van der Waals surface area (Å²) in [6.45, 7) is 10.3. The van der Waals surface area contributed by atoms with E-state index >= 15 is 0 Å². The number of piperazine rings is 1. The quantitative estimate of drug-likeness (QED) is 0.802. The highest BCUT2D eigenvalue weighted by Gasteiger charge is 2.18. The van der Waals surface area contributed by atoms with Crippen LogP contribution in [0.3, 0.4) is 0 Å². The standard InChI is InChI=1S/C15H24N2O.C2H2O4/c1-13(2)17-9-7-16(8-10-17)12-14-5-4-6-15(11-14)18-3;3-1(4)2(5)6/h4-6,11,13H,7-10,12H2,1-3H3;(H,3,4)(H,5,6). The number of aliphatic carboxylic acids is 2. The van der Waals surface area contributed by atoms with E-state index in [0.29, 0.717) is 6.04 Å². The van der Waals surface area contributed by atoms with Crippen LogP contribution in [-0.4, -0.2) is 71.3 Å². The normalized spacial score (nSPS) is 15.5. The first-order valence-electron chi connectivity index (χ1n) is 7.89. The second-order valence-corrected chi connectivity index (χ2v) is 5.87. The molecule has 0 amide bonds. The molecule has 0 aromatic heterocycles. The number of methoxy groups -OCH3 is 1. The van der Waals surface area contributed by atoms with E-state index in [1.807, 2.05) is 6.07 Å². The summed E-state index contributed by atoms with van der Waals surface area (Å²) in [7, 11) is 1.72. The number of hydrogen-bond acceptors (Lipinski definition) is 5. The van der Waals surface area contributed by atoms with Crippen molar-refractivity contribution in [3.8, 4) is 5.75 Å². The smallest absolute Gasteiger partial charge is 0.414 e. The maximum Gasteiger partial charge on any atom is 0.414 e. The van der Waals surface area contributed by atoms with Crippen LogP contribution in [-0.2, 0) is 16.1 Å². The van der Waals surface area contributed by atoms with Gasteiger partial charge in [0.05, 0.1) is 7.11 Å². The Morgan fingerprint density at radius 3 is 2.17 bits per heavy atom. The summed E-state index contributed by atoms with van der Waals surface area (Å²) in [5.41, 5.74) is 1.34. The summed E-state index contributed by atoms with van der Waals surface area (Å²) in [5, 5.41) is 14.8. The molecule has 0 aliphatic carbocycles. The molecule has 1 saturated heterocycles.